The fraction of sp³-hybridized carbons (Fsp3) is 0.444. The largest absolute Gasteiger partial charge is 0.380 e. The molecule has 7 heteroatoms. The Kier molecular flexibility index (Phi) is 7.43. The second kappa shape index (κ2) is 9.56. The maximum Gasteiger partial charge on any atom is 0.272 e. The third kappa shape index (κ3) is 5.29. The van der Waals surface area contributed by atoms with E-state index in [1.807, 2.05) is 35.1 Å². The van der Waals surface area contributed by atoms with Crippen molar-refractivity contribution in [3.63, 3.8) is 0 Å². The van der Waals surface area contributed by atoms with E-state index in [0.717, 1.165) is 37.1 Å². The SMILES string of the molecule is COCc1cccc(CNC(=O)c2ccn(C3CCCNC3)n2)c1.Cl. The first-order valence-electron chi connectivity index (χ1n) is 8.37. The number of hydrogen-bond acceptors (Lipinski definition) is 4. The Balaban J connectivity index is 0.00000225. The van der Waals surface area contributed by atoms with E-state index in [2.05, 4.69) is 15.7 Å². The standard InChI is InChI=1S/C18H24N4O2.ClH/c1-24-13-15-5-2-4-14(10-15)11-20-18(23)17-7-9-22(21-17)16-6-3-8-19-12-16;/h2,4-5,7,9-10,16,19H,3,6,8,11-13H2,1H3,(H,20,23);1H. The molecule has 0 spiro atoms. The Hall–Kier alpha value is -1.89. The molecular weight excluding hydrogens is 340 g/mol. The maximum absolute atomic E-state index is 12.3. The average molecular weight is 365 g/mol. The summed E-state index contributed by atoms with van der Waals surface area (Å²) >= 11 is 0. The molecule has 1 aromatic heterocycles. The lowest BCUT2D eigenvalue weighted by Gasteiger charge is -2.22. The van der Waals surface area contributed by atoms with Crippen molar-refractivity contribution in [1.29, 1.82) is 0 Å². The van der Waals surface area contributed by atoms with Gasteiger partial charge in [-0.15, -0.1) is 12.4 Å². The number of aromatic nitrogens is 2. The minimum absolute atomic E-state index is 0. The number of piperidine rings is 1. The summed E-state index contributed by atoms with van der Waals surface area (Å²) in [5.41, 5.74) is 2.61. The van der Waals surface area contributed by atoms with Gasteiger partial charge in [0.15, 0.2) is 0 Å². The zero-order valence-corrected chi connectivity index (χ0v) is 15.2. The summed E-state index contributed by atoms with van der Waals surface area (Å²) in [5, 5.41) is 10.7. The summed E-state index contributed by atoms with van der Waals surface area (Å²) in [6.45, 7) is 3.03. The van der Waals surface area contributed by atoms with E-state index in [-0.39, 0.29) is 18.3 Å². The quantitative estimate of drug-likeness (QED) is 0.825. The fourth-order valence-electron chi connectivity index (χ4n) is 2.99. The lowest BCUT2D eigenvalue weighted by molar-refractivity contribution is 0.0944. The molecule has 1 aromatic carbocycles. The molecule has 1 aliphatic heterocycles. The molecule has 1 saturated heterocycles. The van der Waals surface area contributed by atoms with Gasteiger partial charge in [-0.25, -0.2) is 0 Å². The van der Waals surface area contributed by atoms with E-state index < -0.39 is 0 Å². The first-order chi connectivity index (χ1) is 11.8. The number of halogens is 1. The molecule has 0 bridgehead atoms. The Morgan fingerprint density at radius 3 is 3.00 bits per heavy atom. The lowest BCUT2D eigenvalue weighted by atomic mass is 10.1. The summed E-state index contributed by atoms with van der Waals surface area (Å²) < 4.78 is 7.04. The van der Waals surface area contributed by atoms with Crippen LogP contribution in [0.1, 0.15) is 40.5 Å². The molecule has 3 rings (SSSR count). The van der Waals surface area contributed by atoms with Crippen molar-refractivity contribution in [3.8, 4) is 0 Å². The second-order valence-corrected chi connectivity index (χ2v) is 6.12. The minimum Gasteiger partial charge on any atom is -0.380 e. The molecule has 0 aliphatic carbocycles. The van der Waals surface area contributed by atoms with Gasteiger partial charge in [0.25, 0.3) is 5.91 Å². The number of ether oxygens (including phenoxy) is 1. The number of methoxy groups -OCH3 is 1. The number of nitrogens with zero attached hydrogens (tertiary/aromatic N) is 2. The van der Waals surface area contributed by atoms with Gasteiger partial charge in [0.05, 0.1) is 12.6 Å². The van der Waals surface area contributed by atoms with E-state index >= 15 is 0 Å². The number of hydrogen-bond donors (Lipinski definition) is 2. The molecule has 1 amide bonds. The second-order valence-electron chi connectivity index (χ2n) is 6.12. The normalized spacial score (nSPS) is 16.9. The van der Waals surface area contributed by atoms with Crippen LogP contribution in [0.3, 0.4) is 0 Å². The van der Waals surface area contributed by atoms with Gasteiger partial charge in [-0.2, -0.15) is 5.10 Å². The third-order valence-electron chi connectivity index (χ3n) is 4.24. The van der Waals surface area contributed by atoms with Gasteiger partial charge in [-0.1, -0.05) is 24.3 Å². The molecule has 2 heterocycles. The molecule has 1 unspecified atom stereocenters. The van der Waals surface area contributed by atoms with Gasteiger partial charge in [0.2, 0.25) is 0 Å². The number of amides is 1. The van der Waals surface area contributed by atoms with Crippen LogP contribution in [-0.2, 0) is 17.9 Å². The van der Waals surface area contributed by atoms with E-state index in [1.165, 1.54) is 0 Å². The molecule has 6 nitrogen and oxygen atoms in total. The predicted octanol–water partition coefficient (Wildman–Crippen LogP) is 2.31. The van der Waals surface area contributed by atoms with Crippen molar-refractivity contribution in [2.45, 2.75) is 32.0 Å². The Morgan fingerprint density at radius 2 is 2.24 bits per heavy atom. The number of carbonyl (C=O) groups excluding carboxylic acids is 1. The van der Waals surface area contributed by atoms with Gasteiger partial charge in [0.1, 0.15) is 5.69 Å². The highest BCUT2D eigenvalue weighted by Gasteiger charge is 2.17. The Labute approximate surface area is 154 Å². The summed E-state index contributed by atoms with van der Waals surface area (Å²) in [5.74, 6) is -0.144. The predicted molar refractivity (Wildman–Crippen MR) is 98.9 cm³/mol. The molecule has 1 aliphatic rings. The maximum atomic E-state index is 12.3. The molecule has 2 N–H and O–H groups in total. The molecule has 1 atom stereocenters. The van der Waals surface area contributed by atoms with Crippen LogP contribution in [0.15, 0.2) is 36.5 Å². The zero-order valence-electron chi connectivity index (χ0n) is 14.4. The topological polar surface area (TPSA) is 68.2 Å². The molecule has 25 heavy (non-hydrogen) atoms. The van der Waals surface area contributed by atoms with Crippen LogP contribution in [0.25, 0.3) is 0 Å². The van der Waals surface area contributed by atoms with E-state index in [4.69, 9.17) is 4.74 Å². The highest BCUT2D eigenvalue weighted by Crippen LogP contribution is 2.15. The van der Waals surface area contributed by atoms with E-state index in [0.29, 0.717) is 24.9 Å². The average Bonchev–Trinajstić information content (AvgIpc) is 3.11. The first kappa shape index (κ1) is 19.4. The molecule has 1 fully saturated rings. The Bertz CT molecular complexity index is 683. The van der Waals surface area contributed by atoms with Crippen molar-refractivity contribution >= 4 is 18.3 Å². The van der Waals surface area contributed by atoms with Crippen LogP contribution in [0.2, 0.25) is 0 Å². The van der Waals surface area contributed by atoms with E-state index in [1.54, 1.807) is 13.2 Å². The minimum atomic E-state index is -0.144. The highest BCUT2D eigenvalue weighted by molar-refractivity contribution is 5.92. The van der Waals surface area contributed by atoms with E-state index in [9.17, 15) is 4.79 Å². The van der Waals surface area contributed by atoms with Gasteiger partial charge in [0, 0.05) is 26.4 Å². The van der Waals surface area contributed by atoms with Crippen molar-refractivity contribution in [2.75, 3.05) is 20.2 Å². The number of carbonyl (C=O) groups is 1. The third-order valence-corrected chi connectivity index (χ3v) is 4.24. The highest BCUT2D eigenvalue weighted by atomic mass is 35.5. The summed E-state index contributed by atoms with van der Waals surface area (Å²) in [4.78, 5) is 12.3. The number of nitrogens with one attached hydrogen (secondary N) is 2. The van der Waals surface area contributed by atoms with Crippen LogP contribution >= 0.6 is 12.4 Å². The van der Waals surface area contributed by atoms with Crippen molar-refractivity contribution in [3.05, 3.63) is 53.3 Å². The van der Waals surface area contributed by atoms with Crippen molar-refractivity contribution < 1.29 is 9.53 Å². The molecule has 0 saturated carbocycles. The zero-order chi connectivity index (χ0) is 16.8. The summed E-state index contributed by atoms with van der Waals surface area (Å²) in [6, 6.07) is 10.1. The fourth-order valence-corrected chi connectivity index (χ4v) is 2.99. The monoisotopic (exact) mass is 364 g/mol. The van der Waals surface area contributed by atoms with Crippen molar-refractivity contribution in [1.82, 2.24) is 20.4 Å². The Morgan fingerprint density at radius 1 is 1.40 bits per heavy atom. The van der Waals surface area contributed by atoms with Crippen LogP contribution in [-0.4, -0.2) is 35.9 Å². The number of rotatable bonds is 6. The van der Waals surface area contributed by atoms with Gasteiger partial charge >= 0.3 is 0 Å². The lowest BCUT2D eigenvalue weighted by Crippen LogP contribution is -2.32. The van der Waals surface area contributed by atoms with Gasteiger partial charge in [-0.05, 0) is 36.6 Å². The van der Waals surface area contributed by atoms with Crippen LogP contribution in [0.4, 0.5) is 0 Å². The van der Waals surface area contributed by atoms with Crippen LogP contribution in [0, 0.1) is 0 Å². The first-order valence-corrected chi connectivity index (χ1v) is 8.37. The van der Waals surface area contributed by atoms with Gasteiger partial charge in [-0.3, -0.25) is 9.48 Å². The molecule has 136 valence electrons. The molecule has 0 radical (unpaired) electrons. The molecule has 2 aromatic rings. The van der Waals surface area contributed by atoms with Crippen LogP contribution < -0.4 is 10.6 Å². The van der Waals surface area contributed by atoms with Crippen LogP contribution in [0.5, 0.6) is 0 Å². The molecular formula is C18H25ClN4O2. The summed E-state index contributed by atoms with van der Waals surface area (Å²) in [6.07, 6.45) is 4.14. The summed E-state index contributed by atoms with van der Waals surface area (Å²) in [7, 11) is 1.67. The van der Waals surface area contributed by atoms with Gasteiger partial charge < -0.3 is 15.4 Å². The smallest absolute Gasteiger partial charge is 0.272 e. The number of benzene rings is 1. The van der Waals surface area contributed by atoms with Crippen molar-refractivity contribution in [2.24, 2.45) is 0 Å².